The van der Waals surface area contributed by atoms with Crippen LogP contribution in [-0.4, -0.2) is 33.2 Å². The molecule has 2 heterocycles. The first kappa shape index (κ1) is 15.2. The van der Waals surface area contributed by atoms with Crippen molar-refractivity contribution in [3.8, 4) is 0 Å². The number of anilines is 1. The first-order valence-electron chi connectivity index (χ1n) is 6.49. The number of hydrogen-bond acceptors (Lipinski definition) is 7. The number of rotatable bonds is 5. The van der Waals surface area contributed by atoms with Crippen molar-refractivity contribution in [2.24, 2.45) is 11.1 Å². The van der Waals surface area contributed by atoms with Gasteiger partial charge >= 0.3 is 0 Å². The molecular weight excluding hydrogens is 296 g/mol. The molecule has 2 rings (SSSR count). The third-order valence-corrected chi connectivity index (χ3v) is 4.55. The van der Waals surface area contributed by atoms with Crippen LogP contribution >= 0.6 is 23.1 Å². The molecule has 0 saturated heterocycles. The van der Waals surface area contributed by atoms with Gasteiger partial charge in [-0.05, 0) is 5.92 Å². The molecule has 0 aromatic carbocycles. The van der Waals surface area contributed by atoms with Crippen molar-refractivity contribution in [2.75, 3.05) is 5.32 Å². The highest BCUT2D eigenvalue weighted by molar-refractivity contribution is 8.01. The van der Waals surface area contributed by atoms with Crippen molar-refractivity contribution in [1.82, 2.24) is 10.2 Å². The van der Waals surface area contributed by atoms with E-state index in [2.05, 4.69) is 34.5 Å². The van der Waals surface area contributed by atoms with Crippen molar-refractivity contribution >= 4 is 39.8 Å². The molecule has 1 aliphatic rings. The molecule has 1 unspecified atom stereocenters. The third kappa shape index (κ3) is 3.92. The molecule has 0 spiro atoms. The number of nitrogens with zero attached hydrogens (tertiary/aromatic N) is 3. The Balaban J connectivity index is 1.88. The van der Waals surface area contributed by atoms with Crippen LogP contribution in [0.15, 0.2) is 9.50 Å². The molecule has 6 nitrogen and oxygen atoms in total. The minimum Gasteiger partial charge on any atom is -0.382 e. The summed E-state index contributed by atoms with van der Waals surface area (Å²) < 4.78 is 0.849. The first-order valence-corrected chi connectivity index (χ1v) is 8.19. The lowest BCUT2D eigenvalue weighted by molar-refractivity contribution is -0.125. The second-order valence-electron chi connectivity index (χ2n) is 5.06. The van der Waals surface area contributed by atoms with E-state index >= 15 is 0 Å². The largest absolute Gasteiger partial charge is 0.382 e. The van der Waals surface area contributed by atoms with Gasteiger partial charge in [-0.25, -0.2) is 0 Å². The average molecular weight is 314 g/mol. The summed E-state index contributed by atoms with van der Waals surface area (Å²) in [6.07, 6.45) is -0.0203. The van der Waals surface area contributed by atoms with Crippen LogP contribution in [0.1, 0.15) is 34.1 Å². The normalized spacial score (nSPS) is 18.3. The fraction of sp³-hybridized carbons (Fsp3) is 0.667. The lowest BCUT2D eigenvalue weighted by Crippen LogP contribution is -2.28. The second-order valence-corrected chi connectivity index (χ2v) is 7.87. The van der Waals surface area contributed by atoms with Crippen LogP contribution in [0.4, 0.5) is 5.13 Å². The number of carbonyl (C=O) groups is 1. The molecule has 20 heavy (non-hydrogen) atoms. The molecule has 1 atom stereocenters. The molecule has 8 heteroatoms. The molecule has 0 saturated carbocycles. The monoisotopic (exact) mass is 314 g/mol. The number of oxime groups is 1. The summed E-state index contributed by atoms with van der Waals surface area (Å²) in [7, 11) is 0. The van der Waals surface area contributed by atoms with E-state index in [0.717, 1.165) is 10.1 Å². The average Bonchev–Trinajstić information content (AvgIpc) is 2.97. The molecule has 1 aromatic rings. The minimum absolute atomic E-state index is 0.221. The number of hydrogen-bond donors (Lipinski definition) is 1. The smallest absolute Gasteiger partial charge is 0.270 e. The standard InChI is InChI=1S/C12H18N4O2S2/c1-6(2)8-5-9(18-16-8)10(17)13-11-14-15-12(20-11)19-7(3)4/h6-7,9H,5H2,1-4H3,(H,13,14,17). The van der Waals surface area contributed by atoms with Gasteiger partial charge in [0.25, 0.3) is 5.91 Å². The van der Waals surface area contributed by atoms with E-state index < -0.39 is 6.10 Å². The summed E-state index contributed by atoms with van der Waals surface area (Å²) in [6.45, 7) is 8.23. The number of thioether (sulfide) groups is 1. The number of aromatic nitrogens is 2. The van der Waals surface area contributed by atoms with Crippen LogP contribution in [0.2, 0.25) is 0 Å². The van der Waals surface area contributed by atoms with Gasteiger partial charge in [0.1, 0.15) is 0 Å². The van der Waals surface area contributed by atoms with E-state index in [9.17, 15) is 4.79 Å². The van der Waals surface area contributed by atoms with Crippen LogP contribution in [-0.2, 0) is 9.63 Å². The van der Waals surface area contributed by atoms with Crippen LogP contribution in [0.3, 0.4) is 0 Å². The molecule has 1 aliphatic heterocycles. The highest BCUT2D eigenvalue weighted by Gasteiger charge is 2.30. The fourth-order valence-corrected chi connectivity index (χ4v) is 3.55. The van der Waals surface area contributed by atoms with Gasteiger partial charge in [0.05, 0.1) is 5.71 Å². The van der Waals surface area contributed by atoms with Crippen molar-refractivity contribution in [2.45, 2.75) is 49.8 Å². The molecular formula is C12H18N4O2S2. The first-order chi connectivity index (χ1) is 9.45. The lowest BCUT2D eigenvalue weighted by Gasteiger charge is -2.07. The van der Waals surface area contributed by atoms with Gasteiger partial charge in [-0.15, -0.1) is 10.2 Å². The number of carbonyl (C=O) groups excluding carboxylic acids is 1. The molecule has 1 amide bonds. The predicted molar refractivity (Wildman–Crippen MR) is 81.3 cm³/mol. The van der Waals surface area contributed by atoms with Crippen molar-refractivity contribution in [3.63, 3.8) is 0 Å². The summed E-state index contributed by atoms with van der Waals surface area (Å²) in [5.74, 6) is 0.0741. The zero-order chi connectivity index (χ0) is 14.7. The van der Waals surface area contributed by atoms with Crippen molar-refractivity contribution in [3.05, 3.63) is 0 Å². The van der Waals surface area contributed by atoms with E-state index in [4.69, 9.17) is 4.84 Å². The van der Waals surface area contributed by atoms with Gasteiger partial charge < -0.3 is 4.84 Å². The van der Waals surface area contributed by atoms with Gasteiger partial charge in [0.2, 0.25) is 11.2 Å². The Morgan fingerprint density at radius 1 is 1.40 bits per heavy atom. The molecule has 0 radical (unpaired) electrons. The summed E-state index contributed by atoms with van der Waals surface area (Å²) in [5, 5.41) is 15.6. The maximum Gasteiger partial charge on any atom is 0.270 e. The van der Waals surface area contributed by atoms with E-state index in [1.54, 1.807) is 11.8 Å². The lowest BCUT2D eigenvalue weighted by atomic mass is 10.0. The maximum atomic E-state index is 12.0. The van der Waals surface area contributed by atoms with E-state index in [0.29, 0.717) is 22.7 Å². The zero-order valence-corrected chi connectivity index (χ0v) is 13.5. The summed E-state index contributed by atoms with van der Waals surface area (Å²) in [4.78, 5) is 17.2. The van der Waals surface area contributed by atoms with Crippen LogP contribution < -0.4 is 5.32 Å². The summed E-state index contributed by atoms with van der Waals surface area (Å²) >= 11 is 2.99. The van der Waals surface area contributed by atoms with Gasteiger partial charge in [-0.2, -0.15) is 0 Å². The maximum absolute atomic E-state index is 12.0. The van der Waals surface area contributed by atoms with E-state index in [-0.39, 0.29) is 5.91 Å². The third-order valence-electron chi connectivity index (χ3n) is 2.62. The van der Waals surface area contributed by atoms with E-state index in [1.807, 2.05) is 13.8 Å². The van der Waals surface area contributed by atoms with Crippen LogP contribution in [0.5, 0.6) is 0 Å². The Morgan fingerprint density at radius 3 is 2.75 bits per heavy atom. The SMILES string of the molecule is CC(C)Sc1nnc(NC(=O)C2CC(C(C)C)=NO2)s1. The zero-order valence-electron chi connectivity index (χ0n) is 11.9. The van der Waals surface area contributed by atoms with Crippen molar-refractivity contribution in [1.29, 1.82) is 0 Å². The quantitative estimate of drug-likeness (QED) is 0.668. The van der Waals surface area contributed by atoms with Gasteiger partial charge in [0, 0.05) is 11.7 Å². The molecule has 1 aromatic heterocycles. The fourth-order valence-electron chi connectivity index (χ4n) is 1.57. The molecule has 0 fully saturated rings. The Morgan fingerprint density at radius 2 is 2.15 bits per heavy atom. The Hall–Kier alpha value is -1.15. The topological polar surface area (TPSA) is 76.5 Å². The summed E-state index contributed by atoms with van der Waals surface area (Å²) in [6, 6.07) is 0. The van der Waals surface area contributed by atoms with Gasteiger partial charge in [0.15, 0.2) is 4.34 Å². The highest BCUT2D eigenvalue weighted by Crippen LogP contribution is 2.28. The van der Waals surface area contributed by atoms with E-state index in [1.165, 1.54) is 11.3 Å². The second kappa shape index (κ2) is 6.53. The summed E-state index contributed by atoms with van der Waals surface area (Å²) in [5.41, 5.74) is 0.915. The Bertz CT molecular complexity index is 513. The number of nitrogens with one attached hydrogen (secondary N) is 1. The molecule has 110 valence electrons. The molecule has 0 aliphatic carbocycles. The highest BCUT2D eigenvalue weighted by atomic mass is 32.2. The number of amides is 1. The van der Waals surface area contributed by atoms with Crippen LogP contribution in [0, 0.1) is 5.92 Å². The van der Waals surface area contributed by atoms with Gasteiger partial charge in [-0.1, -0.05) is 55.9 Å². The Kier molecular flexibility index (Phi) is 4.98. The predicted octanol–water partition coefficient (Wildman–Crippen LogP) is 2.78. The molecule has 1 N–H and O–H groups in total. The van der Waals surface area contributed by atoms with Crippen molar-refractivity contribution < 1.29 is 9.63 Å². The Labute approximate surface area is 126 Å². The molecule has 0 bridgehead atoms. The van der Waals surface area contributed by atoms with Gasteiger partial charge in [-0.3, -0.25) is 10.1 Å². The van der Waals surface area contributed by atoms with Crippen LogP contribution in [0.25, 0.3) is 0 Å². The minimum atomic E-state index is -0.558.